The standard InChI is InChI=1S/C21H25N3O3S/c1-28(26,27)12-11-19(22)21(25)24-13-17(15-7-3-2-4-8-15)18-14-23-20-10-6-5-9-16(18)20/h2-10,14,17,19,23H,11-13,22H2,1H3,(H,24,25). The molecule has 1 amide bonds. The van der Waals surface area contributed by atoms with Crippen LogP contribution in [0.15, 0.2) is 60.8 Å². The first kappa shape index (κ1) is 20.1. The van der Waals surface area contributed by atoms with Crippen LogP contribution in [0, 0.1) is 0 Å². The van der Waals surface area contributed by atoms with Crippen molar-refractivity contribution in [3.63, 3.8) is 0 Å². The summed E-state index contributed by atoms with van der Waals surface area (Å²) in [5.74, 6) is -0.501. The van der Waals surface area contributed by atoms with Crippen molar-refractivity contribution in [1.29, 1.82) is 0 Å². The van der Waals surface area contributed by atoms with E-state index in [1.807, 2.05) is 54.7 Å². The minimum atomic E-state index is -3.15. The molecule has 2 unspecified atom stereocenters. The Kier molecular flexibility index (Phi) is 6.16. The van der Waals surface area contributed by atoms with Crippen molar-refractivity contribution in [2.45, 2.75) is 18.4 Å². The molecule has 2 atom stereocenters. The molecule has 0 aliphatic carbocycles. The van der Waals surface area contributed by atoms with E-state index in [2.05, 4.69) is 16.4 Å². The third kappa shape index (κ3) is 4.99. The highest BCUT2D eigenvalue weighted by Crippen LogP contribution is 2.30. The van der Waals surface area contributed by atoms with E-state index >= 15 is 0 Å². The number of hydrogen-bond donors (Lipinski definition) is 3. The van der Waals surface area contributed by atoms with Crippen molar-refractivity contribution in [3.05, 3.63) is 71.9 Å². The van der Waals surface area contributed by atoms with Crippen molar-refractivity contribution in [1.82, 2.24) is 10.3 Å². The number of rotatable bonds is 8. The normalized spacial score (nSPS) is 13.9. The molecule has 0 radical (unpaired) electrons. The van der Waals surface area contributed by atoms with Crippen LogP contribution in [0.2, 0.25) is 0 Å². The van der Waals surface area contributed by atoms with Gasteiger partial charge in [-0.3, -0.25) is 4.79 Å². The van der Waals surface area contributed by atoms with Gasteiger partial charge in [-0.2, -0.15) is 0 Å². The summed E-state index contributed by atoms with van der Waals surface area (Å²) < 4.78 is 22.6. The summed E-state index contributed by atoms with van der Waals surface area (Å²) >= 11 is 0. The first-order chi connectivity index (χ1) is 13.3. The zero-order chi connectivity index (χ0) is 20.1. The Hall–Kier alpha value is -2.64. The first-order valence-corrected chi connectivity index (χ1v) is 11.2. The maximum absolute atomic E-state index is 12.4. The predicted molar refractivity (Wildman–Crippen MR) is 112 cm³/mol. The van der Waals surface area contributed by atoms with Crippen LogP contribution in [0.5, 0.6) is 0 Å². The van der Waals surface area contributed by atoms with Crippen molar-refractivity contribution in [2.75, 3.05) is 18.6 Å². The van der Waals surface area contributed by atoms with Gasteiger partial charge >= 0.3 is 0 Å². The molecular weight excluding hydrogens is 374 g/mol. The lowest BCUT2D eigenvalue weighted by Crippen LogP contribution is -2.43. The van der Waals surface area contributed by atoms with Crippen LogP contribution in [-0.2, 0) is 14.6 Å². The molecule has 28 heavy (non-hydrogen) atoms. The lowest BCUT2D eigenvalue weighted by atomic mass is 9.91. The Bertz CT molecular complexity index is 1040. The molecule has 1 heterocycles. The number of carbonyl (C=O) groups excluding carboxylic acids is 1. The number of nitrogens with one attached hydrogen (secondary N) is 2. The van der Waals surface area contributed by atoms with Crippen LogP contribution in [0.25, 0.3) is 10.9 Å². The van der Waals surface area contributed by atoms with E-state index in [0.29, 0.717) is 6.54 Å². The number of amides is 1. The molecule has 6 nitrogen and oxygen atoms in total. The van der Waals surface area contributed by atoms with Gasteiger partial charge in [0.15, 0.2) is 0 Å². The highest BCUT2D eigenvalue weighted by molar-refractivity contribution is 7.90. The molecule has 0 aliphatic rings. The van der Waals surface area contributed by atoms with Crippen LogP contribution in [0.1, 0.15) is 23.5 Å². The number of para-hydroxylation sites is 1. The van der Waals surface area contributed by atoms with Gasteiger partial charge in [0.05, 0.1) is 11.8 Å². The zero-order valence-corrected chi connectivity index (χ0v) is 16.6. The molecule has 0 fully saturated rings. The van der Waals surface area contributed by atoms with Crippen molar-refractivity contribution in [3.8, 4) is 0 Å². The Labute approximate surface area is 165 Å². The largest absolute Gasteiger partial charge is 0.361 e. The number of aromatic nitrogens is 1. The second-order valence-corrected chi connectivity index (χ2v) is 9.28. The first-order valence-electron chi connectivity index (χ1n) is 9.17. The summed E-state index contributed by atoms with van der Waals surface area (Å²) in [6.07, 6.45) is 3.21. The summed E-state index contributed by atoms with van der Waals surface area (Å²) in [6, 6.07) is 17.1. The number of fused-ring (bicyclic) bond motifs is 1. The van der Waals surface area contributed by atoms with Crippen molar-refractivity contribution < 1.29 is 13.2 Å². The summed E-state index contributed by atoms with van der Waals surface area (Å²) in [4.78, 5) is 15.7. The number of benzene rings is 2. The topological polar surface area (TPSA) is 105 Å². The van der Waals surface area contributed by atoms with Gasteiger partial charge in [-0.25, -0.2) is 8.42 Å². The number of carbonyl (C=O) groups is 1. The maximum Gasteiger partial charge on any atom is 0.236 e. The molecule has 0 saturated carbocycles. The summed E-state index contributed by atoms with van der Waals surface area (Å²) in [5, 5.41) is 4.00. The molecule has 3 aromatic rings. The lowest BCUT2D eigenvalue weighted by Gasteiger charge is -2.20. The number of aromatic amines is 1. The lowest BCUT2D eigenvalue weighted by molar-refractivity contribution is -0.122. The van der Waals surface area contributed by atoms with E-state index in [0.717, 1.165) is 28.3 Å². The fraction of sp³-hybridized carbons (Fsp3) is 0.286. The summed E-state index contributed by atoms with van der Waals surface area (Å²) in [7, 11) is -3.15. The van der Waals surface area contributed by atoms with Crippen molar-refractivity contribution >= 4 is 26.6 Å². The molecule has 1 aromatic heterocycles. The highest BCUT2D eigenvalue weighted by atomic mass is 32.2. The molecule has 0 bridgehead atoms. The molecule has 0 aliphatic heterocycles. The van der Waals surface area contributed by atoms with Crippen LogP contribution >= 0.6 is 0 Å². The van der Waals surface area contributed by atoms with Crippen molar-refractivity contribution in [2.24, 2.45) is 5.73 Å². The monoisotopic (exact) mass is 399 g/mol. The van der Waals surface area contributed by atoms with Crippen LogP contribution in [0.4, 0.5) is 0 Å². The van der Waals surface area contributed by atoms with E-state index in [1.54, 1.807) is 0 Å². The smallest absolute Gasteiger partial charge is 0.236 e. The second-order valence-electron chi connectivity index (χ2n) is 7.02. The average molecular weight is 400 g/mol. The molecular formula is C21H25N3O3S. The number of H-pyrrole nitrogens is 1. The second kappa shape index (κ2) is 8.58. The Morgan fingerprint density at radius 3 is 2.50 bits per heavy atom. The number of sulfone groups is 1. The van der Waals surface area contributed by atoms with Gasteiger partial charge in [-0.1, -0.05) is 48.5 Å². The number of hydrogen-bond acceptors (Lipinski definition) is 4. The highest BCUT2D eigenvalue weighted by Gasteiger charge is 2.21. The van der Waals surface area contributed by atoms with E-state index in [1.165, 1.54) is 0 Å². The molecule has 2 aromatic carbocycles. The van der Waals surface area contributed by atoms with E-state index in [4.69, 9.17) is 5.73 Å². The Morgan fingerprint density at radius 2 is 1.79 bits per heavy atom. The molecule has 4 N–H and O–H groups in total. The minimum absolute atomic E-state index is 0.0524. The molecule has 0 saturated heterocycles. The molecule has 3 rings (SSSR count). The SMILES string of the molecule is CS(=O)(=O)CCC(N)C(=O)NCC(c1ccccc1)c1c[nH]c2ccccc12. The third-order valence-corrected chi connectivity index (χ3v) is 5.79. The molecule has 148 valence electrons. The van der Waals surface area contributed by atoms with E-state index in [9.17, 15) is 13.2 Å². The predicted octanol–water partition coefficient (Wildman–Crippen LogP) is 2.18. The number of nitrogens with two attached hydrogens (primary N) is 1. The quantitative estimate of drug-likeness (QED) is 0.540. The van der Waals surface area contributed by atoms with Gasteiger partial charge in [0, 0.05) is 35.8 Å². The van der Waals surface area contributed by atoms with Gasteiger partial charge in [-0.05, 0) is 23.6 Å². The minimum Gasteiger partial charge on any atom is -0.361 e. The van der Waals surface area contributed by atoms with Gasteiger partial charge < -0.3 is 16.0 Å². The van der Waals surface area contributed by atoms with Gasteiger partial charge in [0.25, 0.3) is 0 Å². The van der Waals surface area contributed by atoms with E-state index < -0.39 is 15.9 Å². The van der Waals surface area contributed by atoms with Gasteiger partial charge in [0.2, 0.25) is 5.91 Å². The molecule has 7 heteroatoms. The summed E-state index contributed by atoms with van der Waals surface area (Å²) in [6.45, 7) is 0.372. The van der Waals surface area contributed by atoms with Gasteiger partial charge in [0.1, 0.15) is 9.84 Å². The third-order valence-electron chi connectivity index (χ3n) is 4.82. The van der Waals surface area contributed by atoms with E-state index in [-0.39, 0.29) is 24.0 Å². The molecule has 0 spiro atoms. The fourth-order valence-corrected chi connectivity index (χ4v) is 3.96. The zero-order valence-electron chi connectivity index (χ0n) is 15.8. The maximum atomic E-state index is 12.4. The van der Waals surface area contributed by atoms with Crippen LogP contribution in [-0.4, -0.2) is 43.9 Å². The Morgan fingerprint density at radius 1 is 1.11 bits per heavy atom. The van der Waals surface area contributed by atoms with Gasteiger partial charge in [-0.15, -0.1) is 0 Å². The van der Waals surface area contributed by atoms with Crippen LogP contribution < -0.4 is 11.1 Å². The average Bonchev–Trinajstić information content (AvgIpc) is 3.10. The summed E-state index contributed by atoms with van der Waals surface area (Å²) in [5.41, 5.74) is 9.08. The Balaban J connectivity index is 1.78. The fourth-order valence-electron chi connectivity index (χ4n) is 3.28. The van der Waals surface area contributed by atoms with Crippen LogP contribution in [0.3, 0.4) is 0 Å².